The summed E-state index contributed by atoms with van der Waals surface area (Å²) in [6.07, 6.45) is 1.90. The predicted octanol–water partition coefficient (Wildman–Crippen LogP) is 3.62. The van der Waals surface area contributed by atoms with Crippen LogP contribution in [0.15, 0.2) is 24.3 Å². The van der Waals surface area contributed by atoms with E-state index in [-0.39, 0.29) is 0 Å². The van der Waals surface area contributed by atoms with Crippen molar-refractivity contribution >= 4 is 5.82 Å². The van der Waals surface area contributed by atoms with Crippen LogP contribution in [0.3, 0.4) is 0 Å². The Kier molecular flexibility index (Phi) is 4.15. The molecule has 0 saturated heterocycles. The summed E-state index contributed by atoms with van der Waals surface area (Å²) in [6.45, 7) is 6.31. The average Bonchev–Trinajstić information content (AvgIpc) is 2.47. The number of nitrogens with one attached hydrogen (secondary N) is 1. The Morgan fingerprint density at radius 2 is 1.68 bits per heavy atom. The van der Waals surface area contributed by atoms with Crippen molar-refractivity contribution in [3.05, 3.63) is 41.2 Å². The molecule has 0 bridgehead atoms. The van der Waals surface area contributed by atoms with Crippen LogP contribution in [0, 0.1) is 6.92 Å². The van der Waals surface area contributed by atoms with Gasteiger partial charge in [-0.1, -0.05) is 38.1 Å². The van der Waals surface area contributed by atoms with Crippen molar-refractivity contribution in [1.29, 1.82) is 0 Å². The van der Waals surface area contributed by atoms with Crippen molar-refractivity contribution in [2.45, 2.75) is 33.6 Å². The van der Waals surface area contributed by atoms with Crippen LogP contribution in [0.1, 0.15) is 30.8 Å². The third-order valence-corrected chi connectivity index (χ3v) is 3.38. The van der Waals surface area contributed by atoms with Crippen LogP contribution in [0.5, 0.6) is 0 Å². The minimum atomic E-state index is 0.842. The fraction of sp³-hybridized carbons (Fsp3) is 0.375. The molecule has 0 aliphatic heterocycles. The molecule has 1 aromatic carbocycles. The second-order valence-electron chi connectivity index (χ2n) is 4.62. The Bertz CT molecular complexity index is 559. The van der Waals surface area contributed by atoms with Crippen molar-refractivity contribution in [2.75, 3.05) is 12.4 Å². The molecule has 0 radical (unpaired) electrons. The molecule has 100 valence electrons. The van der Waals surface area contributed by atoms with E-state index >= 15 is 0 Å². The van der Waals surface area contributed by atoms with Gasteiger partial charge in [-0.25, -0.2) is 9.97 Å². The molecule has 0 atom stereocenters. The van der Waals surface area contributed by atoms with E-state index < -0.39 is 0 Å². The SMILES string of the molecule is CCc1ccc(-c2nc(CC)nc(NC)c2C)cc1. The lowest BCUT2D eigenvalue weighted by molar-refractivity contribution is 0.936. The van der Waals surface area contributed by atoms with Crippen molar-refractivity contribution in [1.82, 2.24) is 9.97 Å². The van der Waals surface area contributed by atoms with Crippen molar-refractivity contribution in [3.63, 3.8) is 0 Å². The smallest absolute Gasteiger partial charge is 0.132 e. The number of aryl methyl sites for hydroxylation is 2. The maximum absolute atomic E-state index is 4.67. The fourth-order valence-corrected chi connectivity index (χ4v) is 2.14. The van der Waals surface area contributed by atoms with Gasteiger partial charge < -0.3 is 5.32 Å². The van der Waals surface area contributed by atoms with E-state index in [2.05, 4.69) is 60.3 Å². The average molecular weight is 255 g/mol. The van der Waals surface area contributed by atoms with E-state index in [4.69, 9.17) is 0 Å². The molecule has 0 aliphatic rings. The molecule has 0 saturated carbocycles. The number of hydrogen-bond donors (Lipinski definition) is 1. The van der Waals surface area contributed by atoms with Gasteiger partial charge in [-0.2, -0.15) is 0 Å². The summed E-state index contributed by atoms with van der Waals surface area (Å²) in [5, 5.41) is 3.15. The summed E-state index contributed by atoms with van der Waals surface area (Å²) in [6, 6.07) is 8.63. The van der Waals surface area contributed by atoms with Gasteiger partial charge in [0.1, 0.15) is 11.6 Å². The van der Waals surface area contributed by atoms with E-state index in [1.54, 1.807) is 0 Å². The lowest BCUT2D eigenvalue weighted by Gasteiger charge is -2.12. The number of benzene rings is 1. The summed E-state index contributed by atoms with van der Waals surface area (Å²) >= 11 is 0. The third-order valence-electron chi connectivity index (χ3n) is 3.38. The monoisotopic (exact) mass is 255 g/mol. The highest BCUT2D eigenvalue weighted by atomic mass is 15.0. The second kappa shape index (κ2) is 5.83. The molecule has 1 N–H and O–H groups in total. The Morgan fingerprint density at radius 1 is 1.00 bits per heavy atom. The van der Waals surface area contributed by atoms with Gasteiger partial charge in [0.15, 0.2) is 0 Å². The Balaban J connectivity index is 2.53. The molecule has 1 heterocycles. The van der Waals surface area contributed by atoms with Crippen LogP contribution in [0.4, 0.5) is 5.82 Å². The van der Waals surface area contributed by atoms with Gasteiger partial charge in [-0.05, 0) is 18.9 Å². The second-order valence-corrected chi connectivity index (χ2v) is 4.62. The third kappa shape index (κ3) is 2.75. The first kappa shape index (κ1) is 13.5. The standard InChI is InChI=1S/C16H21N3/c1-5-12-7-9-13(10-8-12)15-11(3)16(17-4)19-14(6-2)18-15/h7-10H,5-6H2,1-4H3,(H,17,18,19). The molecule has 19 heavy (non-hydrogen) atoms. The molecule has 0 amide bonds. The number of nitrogens with zero attached hydrogens (tertiary/aromatic N) is 2. The van der Waals surface area contributed by atoms with Gasteiger partial charge in [0.25, 0.3) is 0 Å². The molecule has 0 unspecified atom stereocenters. The molecule has 0 spiro atoms. The fourth-order valence-electron chi connectivity index (χ4n) is 2.14. The number of rotatable bonds is 4. The first-order chi connectivity index (χ1) is 9.19. The summed E-state index contributed by atoms with van der Waals surface area (Å²) in [7, 11) is 1.90. The molecule has 0 aliphatic carbocycles. The molecule has 3 heteroatoms. The van der Waals surface area contributed by atoms with Crippen molar-refractivity contribution in [2.24, 2.45) is 0 Å². The summed E-state index contributed by atoms with van der Waals surface area (Å²) < 4.78 is 0. The molecular weight excluding hydrogens is 234 g/mol. The minimum absolute atomic E-state index is 0.842. The zero-order valence-electron chi connectivity index (χ0n) is 12.1. The van der Waals surface area contributed by atoms with Crippen LogP contribution < -0.4 is 5.32 Å². The lowest BCUT2D eigenvalue weighted by Crippen LogP contribution is -2.04. The Morgan fingerprint density at radius 3 is 2.21 bits per heavy atom. The van der Waals surface area contributed by atoms with Crippen LogP contribution in [-0.4, -0.2) is 17.0 Å². The molecule has 2 rings (SSSR count). The highest BCUT2D eigenvalue weighted by molar-refractivity contribution is 5.68. The summed E-state index contributed by atoms with van der Waals surface area (Å²) in [5.41, 5.74) is 4.63. The normalized spacial score (nSPS) is 10.5. The maximum atomic E-state index is 4.67. The van der Waals surface area contributed by atoms with Gasteiger partial charge in [0.05, 0.1) is 5.69 Å². The lowest BCUT2D eigenvalue weighted by atomic mass is 10.0. The van der Waals surface area contributed by atoms with E-state index in [1.165, 1.54) is 5.56 Å². The topological polar surface area (TPSA) is 37.8 Å². The number of hydrogen-bond acceptors (Lipinski definition) is 3. The molecule has 3 nitrogen and oxygen atoms in total. The van der Waals surface area contributed by atoms with Crippen LogP contribution >= 0.6 is 0 Å². The summed E-state index contributed by atoms with van der Waals surface area (Å²) in [5.74, 6) is 1.80. The van der Waals surface area contributed by atoms with E-state index in [0.29, 0.717) is 0 Å². The number of aromatic nitrogens is 2. The molecule has 0 fully saturated rings. The van der Waals surface area contributed by atoms with Gasteiger partial charge in [-0.3, -0.25) is 0 Å². The van der Waals surface area contributed by atoms with Gasteiger partial charge in [0, 0.05) is 24.6 Å². The van der Waals surface area contributed by atoms with Gasteiger partial charge >= 0.3 is 0 Å². The zero-order valence-corrected chi connectivity index (χ0v) is 12.1. The van der Waals surface area contributed by atoms with Crippen molar-refractivity contribution in [3.8, 4) is 11.3 Å². The zero-order chi connectivity index (χ0) is 13.8. The van der Waals surface area contributed by atoms with Crippen LogP contribution in [0.2, 0.25) is 0 Å². The highest BCUT2D eigenvalue weighted by Gasteiger charge is 2.10. The highest BCUT2D eigenvalue weighted by Crippen LogP contribution is 2.26. The largest absolute Gasteiger partial charge is 0.373 e. The minimum Gasteiger partial charge on any atom is -0.373 e. The first-order valence-corrected chi connectivity index (χ1v) is 6.84. The van der Waals surface area contributed by atoms with Crippen LogP contribution in [-0.2, 0) is 12.8 Å². The Labute approximate surface area is 115 Å². The quantitative estimate of drug-likeness (QED) is 0.906. The number of anilines is 1. The van der Waals surface area contributed by atoms with Crippen LogP contribution in [0.25, 0.3) is 11.3 Å². The molecule has 1 aromatic heterocycles. The van der Waals surface area contributed by atoms with E-state index in [1.807, 2.05) is 7.05 Å². The first-order valence-electron chi connectivity index (χ1n) is 6.84. The van der Waals surface area contributed by atoms with E-state index in [9.17, 15) is 0 Å². The summed E-state index contributed by atoms with van der Waals surface area (Å²) in [4.78, 5) is 9.18. The molecule has 2 aromatic rings. The molecular formula is C16H21N3. The maximum Gasteiger partial charge on any atom is 0.132 e. The van der Waals surface area contributed by atoms with Crippen molar-refractivity contribution < 1.29 is 0 Å². The predicted molar refractivity (Wildman–Crippen MR) is 80.5 cm³/mol. The van der Waals surface area contributed by atoms with E-state index in [0.717, 1.165) is 41.3 Å². The Hall–Kier alpha value is -1.90. The van der Waals surface area contributed by atoms with Gasteiger partial charge in [-0.15, -0.1) is 0 Å². The van der Waals surface area contributed by atoms with Gasteiger partial charge in [0.2, 0.25) is 0 Å².